The maximum Gasteiger partial charge on any atom is 0.0713 e. The Kier molecular flexibility index (Phi) is 4.23. The number of rotatable bonds is 4. The molecule has 106 valence electrons. The Hall–Kier alpha value is -1.84. The second-order valence-electron chi connectivity index (χ2n) is 5.05. The Labute approximate surface area is 129 Å². The fourth-order valence-corrected chi connectivity index (χ4v) is 3.67. The molecule has 0 aliphatic heterocycles. The Bertz CT molecular complexity index is 768. The molecule has 1 aromatic heterocycles. The van der Waals surface area contributed by atoms with Crippen LogP contribution in [0.4, 0.5) is 0 Å². The SMILES string of the molecule is Cc1ccccc1CSc1c(CN)cnc2ccccc12. The predicted octanol–water partition coefficient (Wildman–Crippen LogP) is 4.29. The first kappa shape index (κ1) is 14.1. The van der Waals surface area contributed by atoms with Crippen LogP contribution in [0, 0.1) is 6.92 Å². The van der Waals surface area contributed by atoms with Gasteiger partial charge in [0.05, 0.1) is 5.52 Å². The molecular weight excluding hydrogens is 276 g/mol. The molecule has 0 saturated carbocycles. The number of hydrogen-bond donors (Lipinski definition) is 1. The number of benzene rings is 2. The minimum atomic E-state index is 0.522. The van der Waals surface area contributed by atoms with Crippen molar-refractivity contribution in [3.8, 4) is 0 Å². The molecule has 1 heterocycles. The fourth-order valence-electron chi connectivity index (χ4n) is 2.40. The van der Waals surface area contributed by atoms with E-state index < -0.39 is 0 Å². The van der Waals surface area contributed by atoms with Crippen LogP contribution in [0.5, 0.6) is 0 Å². The van der Waals surface area contributed by atoms with Crippen molar-refractivity contribution in [2.24, 2.45) is 5.73 Å². The molecule has 2 aromatic carbocycles. The van der Waals surface area contributed by atoms with Crippen molar-refractivity contribution in [3.05, 3.63) is 71.4 Å². The molecule has 3 heteroatoms. The summed E-state index contributed by atoms with van der Waals surface area (Å²) in [4.78, 5) is 5.75. The highest BCUT2D eigenvalue weighted by atomic mass is 32.2. The molecule has 0 bridgehead atoms. The molecule has 0 radical (unpaired) electrons. The summed E-state index contributed by atoms with van der Waals surface area (Å²) in [6.45, 7) is 2.68. The predicted molar refractivity (Wildman–Crippen MR) is 90.4 cm³/mol. The number of aryl methyl sites for hydroxylation is 1. The van der Waals surface area contributed by atoms with Crippen molar-refractivity contribution in [2.75, 3.05) is 0 Å². The van der Waals surface area contributed by atoms with Crippen molar-refractivity contribution in [2.45, 2.75) is 24.1 Å². The summed E-state index contributed by atoms with van der Waals surface area (Å²) in [5.74, 6) is 0.952. The largest absolute Gasteiger partial charge is 0.326 e. The number of nitrogens with two attached hydrogens (primary N) is 1. The molecule has 0 unspecified atom stereocenters. The number of pyridine rings is 1. The minimum absolute atomic E-state index is 0.522. The summed E-state index contributed by atoms with van der Waals surface area (Å²) >= 11 is 1.85. The van der Waals surface area contributed by atoms with Gasteiger partial charge in [0.2, 0.25) is 0 Å². The molecule has 2 N–H and O–H groups in total. The van der Waals surface area contributed by atoms with Gasteiger partial charge >= 0.3 is 0 Å². The summed E-state index contributed by atoms with van der Waals surface area (Å²) in [6, 6.07) is 16.8. The van der Waals surface area contributed by atoms with Gasteiger partial charge in [0.1, 0.15) is 0 Å². The number of para-hydroxylation sites is 1. The molecule has 3 aromatic rings. The Balaban J connectivity index is 1.97. The van der Waals surface area contributed by atoms with Gasteiger partial charge in [0.15, 0.2) is 0 Å². The van der Waals surface area contributed by atoms with E-state index in [1.54, 1.807) is 0 Å². The lowest BCUT2D eigenvalue weighted by molar-refractivity contribution is 1.02. The third-order valence-electron chi connectivity index (χ3n) is 3.65. The molecule has 0 aliphatic carbocycles. The van der Waals surface area contributed by atoms with Gasteiger partial charge in [-0.2, -0.15) is 0 Å². The van der Waals surface area contributed by atoms with Gasteiger partial charge in [0.25, 0.3) is 0 Å². The molecule has 0 aliphatic rings. The molecule has 0 spiro atoms. The first-order valence-corrected chi connectivity index (χ1v) is 8.02. The molecular formula is C18H18N2S. The number of hydrogen-bond acceptors (Lipinski definition) is 3. The van der Waals surface area contributed by atoms with Crippen LogP contribution in [0.3, 0.4) is 0 Å². The normalized spacial score (nSPS) is 11.0. The van der Waals surface area contributed by atoms with E-state index in [0.717, 1.165) is 16.8 Å². The lowest BCUT2D eigenvalue weighted by Crippen LogP contribution is -2.00. The minimum Gasteiger partial charge on any atom is -0.326 e. The molecule has 3 rings (SSSR count). The Morgan fingerprint density at radius 2 is 1.76 bits per heavy atom. The van der Waals surface area contributed by atoms with Gasteiger partial charge in [-0.15, -0.1) is 11.8 Å². The lowest BCUT2D eigenvalue weighted by Gasteiger charge is -2.12. The highest BCUT2D eigenvalue weighted by Gasteiger charge is 2.09. The van der Waals surface area contributed by atoms with Gasteiger partial charge in [-0.25, -0.2) is 0 Å². The number of fused-ring (bicyclic) bond motifs is 1. The average Bonchev–Trinajstić information content (AvgIpc) is 2.53. The Morgan fingerprint density at radius 1 is 1.00 bits per heavy atom. The van der Waals surface area contributed by atoms with Crippen LogP contribution in [0.25, 0.3) is 10.9 Å². The zero-order chi connectivity index (χ0) is 14.7. The van der Waals surface area contributed by atoms with Gasteiger partial charge < -0.3 is 5.73 Å². The zero-order valence-corrected chi connectivity index (χ0v) is 12.9. The van der Waals surface area contributed by atoms with E-state index in [1.807, 2.05) is 30.1 Å². The van der Waals surface area contributed by atoms with E-state index >= 15 is 0 Å². The van der Waals surface area contributed by atoms with Gasteiger partial charge in [-0.3, -0.25) is 4.98 Å². The third-order valence-corrected chi connectivity index (χ3v) is 4.88. The first-order valence-electron chi connectivity index (χ1n) is 7.03. The highest BCUT2D eigenvalue weighted by molar-refractivity contribution is 7.98. The second-order valence-corrected chi connectivity index (χ2v) is 6.03. The molecule has 2 nitrogen and oxygen atoms in total. The monoisotopic (exact) mass is 294 g/mol. The van der Waals surface area contributed by atoms with Gasteiger partial charge in [-0.1, -0.05) is 42.5 Å². The third kappa shape index (κ3) is 2.94. The standard InChI is InChI=1S/C18H18N2S/c1-13-6-2-3-7-14(13)12-21-18-15(10-19)11-20-17-9-5-4-8-16(17)18/h2-9,11H,10,12,19H2,1H3. The number of nitrogens with zero attached hydrogens (tertiary/aromatic N) is 1. The van der Waals surface area contributed by atoms with Crippen LogP contribution in [0.15, 0.2) is 59.6 Å². The quantitative estimate of drug-likeness (QED) is 0.729. The summed E-state index contributed by atoms with van der Waals surface area (Å²) in [5.41, 5.74) is 10.7. The topological polar surface area (TPSA) is 38.9 Å². The molecule has 0 amide bonds. The average molecular weight is 294 g/mol. The van der Waals surface area contributed by atoms with Crippen LogP contribution in [-0.2, 0) is 12.3 Å². The van der Waals surface area contributed by atoms with E-state index in [2.05, 4.69) is 48.3 Å². The van der Waals surface area contributed by atoms with Crippen LogP contribution in [-0.4, -0.2) is 4.98 Å². The van der Waals surface area contributed by atoms with Gasteiger partial charge in [0, 0.05) is 28.8 Å². The van der Waals surface area contributed by atoms with E-state index in [-0.39, 0.29) is 0 Å². The van der Waals surface area contributed by atoms with Crippen molar-refractivity contribution in [1.82, 2.24) is 4.98 Å². The van der Waals surface area contributed by atoms with Crippen molar-refractivity contribution >= 4 is 22.7 Å². The Morgan fingerprint density at radius 3 is 2.57 bits per heavy atom. The van der Waals surface area contributed by atoms with Crippen LogP contribution < -0.4 is 5.73 Å². The lowest BCUT2D eigenvalue weighted by atomic mass is 10.1. The molecule has 0 saturated heterocycles. The second kappa shape index (κ2) is 6.29. The van der Waals surface area contributed by atoms with E-state index in [4.69, 9.17) is 5.73 Å². The van der Waals surface area contributed by atoms with E-state index in [9.17, 15) is 0 Å². The van der Waals surface area contributed by atoms with Gasteiger partial charge in [-0.05, 0) is 29.7 Å². The summed E-state index contributed by atoms with van der Waals surface area (Å²) in [6.07, 6.45) is 1.91. The smallest absolute Gasteiger partial charge is 0.0713 e. The fraction of sp³-hybridized carbons (Fsp3) is 0.167. The summed E-state index contributed by atoms with van der Waals surface area (Å²) in [5, 5.41) is 1.19. The molecule has 0 atom stereocenters. The first-order chi connectivity index (χ1) is 10.3. The van der Waals surface area contributed by atoms with E-state index in [0.29, 0.717) is 6.54 Å². The number of thioether (sulfide) groups is 1. The summed E-state index contributed by atoms with van der Waals surface area (Å²) in [7, 11) is 0. The maximum atomic E-state index is 5.89. The molecule has 21 heavy (non-hydrogen) atoms. The number of aromatic nitrogens is 1. The van der Waals surface area contributed by atoms with Crippen molar-refractivity contribution in [1.29, 1.82) is 0 Å². The van der Waals surface area contributed by atoms with Crippen LogP contribution >= 0.6 is 11.8 Å². The highest BCUT2D eigenvalue weighted by Crippen LogP contribution is 2.33. The van der Waals surface area contributed by atoms with Crippen LogP contribution in [0.2, 0.25) is 0 Å². The summed E-state index contributed by atoms with van der Waals surface area (Å²) < 4.78 is 0. The maximum absolute atomic E-state index is 5.89. The van der Waals surface area contributed by atoms with Crippen molar-refractivity contribution in [3.63, 3.8) is 0 Å². The van der Waals surface area contributed by atoms with E-state index in [1.165, 1.54) is 21.4 Å². The van der Waals surface area contributed by atoms with Crippen LogP contribution in [0.1, 0.15) is 16.7 Å². The zero-order valence-electron chi connectivity index (χ0n) is 12.0. The van der Waals surface area contributed by atoms with Crippen molar-refractivity contribution < 1.29 is 0 Å². The molecule has 0 fully saturated rings.